The van der Waals surface area contributed by atoms with Gasteiger partial charge in [0.25, 0.3) is 0 Å². The zero-order chi connectivity index (χ0) is 12.3. The van der Waals surface area contributed by atoms with Gasteiger partial charge >= 0.3 is 5.97 Å². The SMILES string of the molecule is Cc1cccc(OC(C)C)c1C(O)C(=O)O. The number of hydrogen-bond donors (Lipinski definition) is 2. The summed E-state index contributed by atoms with van der Waals surface area (Å²) in [6.07, 6.45) is -1.61. The van der Waals surface area contributed by atoms with Gasteiger partial charge in [0.15, 0.2) is 6.10 Å². The number of ether oxygens (including phenoxy) is 1. The molecule has 0 fully saturated rings. The molecule has 0 heterocycles. The highest BCUT2D eigenvalue weighted by atomic mass is 16.5. The summed E-state index contributed by atoms with van der Waals surface area (Å²) in [7, 11) is 0. The summed E-state index contributed by atoms with van der Waals surface area (Å²) in [6.45, 7) is 5.44. The summed E-state index contributed by atoms with van der Waals surface area (Å²) in [5, 5.41) is 18.4. The van der Waals surface area contributed by atoms with E-state index >= 15 is 0 Å². The molecule has 0 spiro atoms. The summed E-state index contributed by atoms with van der Waals surface area (Å²) in [5.41, 5.74) is 1.02. The molecular formula is C12H16O4. The van der Waals surface area contributed by atoms with Crippen LogP contribution in [-0.4, -0.2) is 22.3 Å². The van der Waals surface area contributed by atoms with E-state index in [2.05, 4.69) is 0 Å². The molecule has 4 heteroatoms. The first kappa shape index (κ1) is 12.5. The van der Waals surface area contributed by atoms with Crippen LogP contribution in [0, 0.1) is 6.92 Å². The van der Waals surface area contributed by atoms with Gasteiger partial charge in [0.1, 0.15) is 5.75 Å². The lowest BCUT2D eigenvalue weighted by atomic mass is 10.0. The molecule has 4 nitrogen and oxygen atoms in total. The normalized spacial score (nSPS) is 12.6. The van der Waals surface area contributed by atoms with Crippen molar-refractivity contribution in [2.24, 2.45) is 0 Å². The van der Waals surface area contributed by atoms with E-state index in [4.69, 9.17) is 9.84 Å². The molecule has 0 bridgehead atoms. The zero-order valence-electron chi connectivity index (χ0n) is 9.60. The summed E-state index contributed by atoms with van der Waals surface area (Å²) in [4.78, 5) is 10.8. The molecule has 16 heavy (non-hydrogen) atoms. The number of aliphatic carboxylic acids is 1. The van der Waals surface area contributed by atoms with Crippen molar-refractivity contribution in [3.8, 4) is 5.75 Å². The van der Waals surface area contributed by atoms with Gasteiger partial charge in [0, 0.05) is 5.56 Å². The Morgan fingerprint density at radius 3 is 2.50 bits per heavy atom. The highest BCUT2D eigenvalue weighted by Gasteiger charge is 2.22. The molecule has 88 valence electrons. The molecule has 1 atom stereocenters. The van der Waals surface area contributed by atoms with E-state index in [1.165, 1.54) is 0 Å². The second kappa shape index (κ2) is 4.99. The van der Waals surface area contributed by atoms with Crippen molar-refractivity contribution in [3.63, 3.8) is 0 Å². The Labute approximate surface area is 94.5 Å². The van der Waals surface area contributed by atoms with Crippen LogP contribution in [0.5, 0.6) is 5.75 Å². The molecule has 0 aliphatic heterocycles. The van der Waals surface area contributed by atoms with Crippen LogP contribution in [0.1, 0.15) is 31.1 Å². The van der Waals surface area contributed by atoms with Gasteiger partial charge in [-0.1, -0.05) is 12.1 Å². The summed E-state index contributed by atoms with van der Waals surface area (Å²) in [5.74, 6) is -0.854. The lowest BCUT2D eigenvalue weighted by Gasteiger charge is -2.17. The topological polar surface area (TPSA) is 66.8 Å². The van der Waals surface area contributed by atoms with Gasteiger partial charge < -0.3 is 14.9 Å². The lowest BCUT2D eigenvalue weighted by Crippen LogP contribution is -2.15. The number of carboxylic acids is 1. The molecule has 0 saturated carbocycles. The second-order valence-corrected chi connectivity index (χ2v) is 3.89. The number of aliphatic hydroxyl groups excluding tert-OH is 1. The number of hydrogen-bond acceptors (Lipinski definition) is 3. The number of aliphatic hydroxyl groups is 1. The van der Waals surface area contributed by atoms with E-state index in [-0.39, 0.29) is 6.10 Å². The molecule has 1 rings (SSSR count). The summed E-state index contributed by atoms with van der Waals surface area (Å²) in [6, 6.07) is 5.17. The Balaban J connectivity index is 3.17. The molecule has 1 aromatic carbocycles. The minimum atomic E-state index is -1.55. The maximum atomic E-state index is 10.8. The molecule has 0 radical (unpaired) electrons. The first-order valence-electron chi connectivity index (χ1n) is 5.10. The van der Waals surface area contributed by atoms with Crippen molar-refractivity contribution < 1.29 is 19.7 Å². The Morgan fingerprint density at radius 2 is 2.00 bits per heavy atom. The fourth-order valence-corrected chi connectivity index (χ4v) is 1.48. The molecule has 1 unspecified atom stereocenters. The van der Waals surface area contributed by atoms with Crippen LogP contribution in [-0.2, 0) is 4.79 Å². The quantitative estimate of drug-likeness (QED) is 0.819. The third kappa shape index (κ3) is 2.73. The number of carboxylic acid groups (broad SMARTS) is 1. The summed E-state index contributed by atoms with van der Waals surface area (Å²) < 4.78 is 5.47. The highest BCUT2D eigenvalue weighted by Crippen LogP contribution is 2.29. The molecule has 0 saturated heterocycles. The number of carbonyl (C=O) groups is 1. The number of benzene rings is 1. The molecule has 2 N–H and O–H groups in total. The van der Waals surface area contributed by atoms with E-state index in [0.717, 1.165) is 0 Å². The second-order valence-electron chi connectivity index (χ2n) is 3.89. The van der Waals surface area contributed by atoms with Gasteiger partial charge in [-0.3, -0.25) is 0 Å². The number of aryl methyl sites for hydroxylation is 1. The van der Waals surface area contributed by atoms with E-state index in [1.54, 1.807) is 25.1 Å². The van der Waals surface area contributed by atoms with Crippen LogP contribution in [0.15, 0.2) is 18.2 Å². The van der Waals surface area contributed by atoms with Crippen molar-refractivity contribution in [2.75, 3.05) is 0 Å². The Bertz CT molecular complexity index is 385. The lowest BCUT2D eigenvalue weighted by molar-refractivity contribution is -0.147. The van der Waals surface area contributed by atoms with Crippen LogP contribution in [0.3, 0.4) is 0 Å². The minimum absolute atomic E-state index is 0.0680. The van der Waals surface area contributed by atoms with Crippen molar-refractivity contribution >= 4 is 5.97 Å². The van der Waals surface area contributed by atoms with E-state index in [1.807, 2.05) is 13.8 Å². The van der Waals surface area contributed by atoms with E-state index in [0.29, 0.717) is 16.9 Å². The van der Waals surface area contributed by atoms with Crippen molar-refractivity contribution in [2.45, 2.75) is 33.0 Å². The molecule has 0 aliphatic rings. The number of rotatable bonds is 4. The van der Waals surface area contributed by atoms with Crippen LogP contribution >= 0.6 is 0 Å². The fourth-order valence-electron chi connectivity index (χ4n) is 1.48. The largest absolute Gasteiger partial charge is 0.491 e. The molecular weight excluding hydrogens is 208 g/mol. The first-order valence-corrected chi connectivity index (χ1v) is 5.10. The van der Waals surface area contributed by atoms with E-state index in [9.17, 15) is 9.90 Å². The van der Waals surface area contributed by atoms with Crippen molar-refractivity contribution in [1.82, 2.24) is 0 Å². The Kier molecular flexibility index (Phi) is 3.90. The third-order valence-electron chi connectivity index (χ3n) is 2.15. The smallest absolute Gasteiger partial charge is 0.337 e. The van der Waals surface area contributed by atoms with Crippen LogP contribution < -0.4 is 4.74 Å². The molecule has 0 aromatic heterocycles. The predicted octanol–water partition coefficient (Wildman–Crippen LogP) is 1.90. The van der Waals surface area contributed by atoms with Gasteiger partial charge in [-0.2, -0.15) is 0 Å². The highest BCUT2D eigenvalue weighted by molar-refractivity contribution is 5.75. The van der Waals surface area contributed by atoms with Gasteiger partial charge in [-0.05, 0) is 32.4 Å². The van der Waals surface area contributed by atoms with Crippen LogP contribution in [0.4, 0.5) is 0 Å². The Morgan fingerprint density at radius 1 is 1.38 bits per heavy atom. The third-order valence-corrected chi connectivity index (χ3v) is 2.15. The van der Waals surface area contributed by atoms with Crippen molar-refractivity contribution in [3.05, 3.63) is 29.3 Å². The maximum absolute atomic E-state index is 10.8. The molecule has 1 aromatic rings. The van der Waals surface area contributed by atoms with Crippen LogP contribution in [0.25, 0.3) is 0 Å². The average Bonchev–Trinajstić information content (AvgIpc) is 2.16. The maximum Gasteiger partial charge on any atom is 0.337 e. The average molecular weight is 224 g/mol. The zero-order valence-corrected chi connectivity index (χ0v) is 9.60. The fraction of sp³-hybridized carbons (Fsp3) is 0.417. The van der Waals surface area contributed by atoms with Gasteiger partial charge in [-0.25, -0.2) is 4.79 Å². The van der Waals surface area contributed by atoms with Gasteiger partial charge in [0.2, 0.25) is 0 Å². The molecule has 0 amide bonds. The van der Waals surface area contributed by atoms with Crippen LogP contribution in [0.2, 0.25) is 0 Å². The predicted molar refractivity (Wildman–Crippen MR) is 59.5 cm³/mol. The monoisotopic (exact) mass is 224 g/mol. The minimum Gasteiger partial charge on any atom is -0.491 e. The molecule has 0 aliphatic carbocycles. The standard InChI is InChI=1S/C12H16O4/c1-7(2)16-9-6-4-5-8(3)10(9)11(13)12(14)15/h4-7,11,13H,1-3H3,(H,14,15). The van der Waals surface area contributed by atoms with Gasteiger partial charge in [0.05, 0.1) is 6.10 Å². The summed E-state index contributed by atoms with van der Waals surface area (Å²) >= 11 is 0. The van der Waals surface area contributed by atoms with E-state index < -0.39 is 12.1 Å². The Hall–Kier alpha value is -1.55. The first-order chi connectivity index (χ1) is 7.43. The van der Waals surface area contributed by atoms with Gasteiger partial charge in [-0.15, -0.1) is 0 Å². The van der Waals surface area contributed by atoms with Crippen molar-refractivity contribution in [1.29, 1.82) is 0 Å².